The van der Waals surface area contributed by atoms with Crippen LogP contribution >= 0.6 is 22.7 Å². The minimum Gasteiger partial charge on any atom is -0.310 e. The monoisotopic (exact) mass is 409 g/mol. The van der Waals surface area contributed by atoms with Crippen LogP contribution in [0.3, 0.4) is 0 Å². The number of hydrogen-bond acceptors (Lipinski definition) is 6. The molecule has 1 aliphatic heterocycles. The van der Waals surface area contributed by atoms with Crippen molar-refractivity contribution in [3.63, 3.8) is 0 Å². The van der Waals surface area contributed by atoms with Crippen LogP contribution in [0.15, 0.2) is 35.0 Å². The highest BCUT2D eigenvalue weighted by atomic mass is 32.1. The van der Waals surface area contributed by atoms with Crippen molar-refractivity contribution >= 4 is 34.3 Å². The van der Waals surface area contributed by atoms with E-state index in [1.807, 2.05) is 28.2 Å². The summed E-state index contributed by atoms with van der Waals surface area (Å²) in [6, 6.07) is 6.20. The quantitative estimate of drug-likeness (QED) is 0.618. The van der Waals surface area contributed by atoms with Gasteiger partial charge in [0.2, 0.25) is 0 Å². The highest BCUT2D eigenvalue weighted by Gasteiger charge is 2.20. The molecule has 0 N–H and O–H groups in total. The molecule has 4 rings (SSSR count). The van der Waals surface area contributed by atoms with Crippen LogP contribution in [-0.2, 0) is 19.5 Å². The van der Waals surface area contributed by atoms with Crippen LogP contribution in [-0.4, -0.2) is 19.3 Å². The summed E-state index contributed by atoms with van der Waals surface area (Å²) in [6.45, 7) is 4.91. The first-order valence-electron chi connectivity index (χ1n) is 9.15. The van der Waals surface area contributed by atoms with Crippen LogP contribution in [0.4, 0.5) is 0 Å². The normalized spacial score (nSPS) is 15.6. The fourth-order valence-electron chi connectivity index (χ4n) is 3.37. The van der Waals surface area contributed by atoms with Crippen LogP contribution in [0.25, 0.3) is 11.6 Å². The van der Waals surface area contributed by atoms with E-state index in [2.05, 4.69) is 22.8 Å². The molecule has 0 fully saturated rings. The second-order valence-electron chi connectivity index (χ2n) is 6.52. The van der Waals surface area contributed by atoms with Crippen molar-refractivity contribution in [3.8, 4) is 6.07 Å². The number of hydrogen-bond donors (Lipinski definition) is 0. The number of aryl methyl sites for hydroxylation is 1. The molecule has 0 bridgehead atoms. The summed E-state index contributed by atoms with van der Waals surface area (Å²) in [5, 5.41) is 20.6. The smallest absolute Gasteiger partial charge is 0.269 e. The van der Waals surface area contributed by atoms with Gasteiger partial charge in [0.05, 0.1) is 4.53 Å². The maximum atomic E-state index is 13.0. The van der Waals surface area contributed by atoms with Crippen molar-refractivity contribution < 1.29 is 0 Å². The van der Waals surface area contributed by atoms with Gasteiger partial charge in [0.1, 0.15) is 22.1 Å². The highest BCUT2D eigenvalue weighted by Crippen LogP contribution is 2.18. The Morgan fingerprint density at radius 2 is 2.25 bits per heavy atom. The Hall–Kier alpha value is -2.76. The van der Waals surface area contributed by atoms with E-state index in [-0.39, 0.29) is 5.56 Å². The minimum atomic E-state index is -0.114. The van der Waals surface area contributed by atoms with Gasteiger partial charge in [0, 0.05) is 24.4 Å². The zero-order chi connectivity index (χ0) is 19.5. The van der Waals surface area contributed by atoms with E-state index in [1.165, 1.54) is 11.3 Å². The molecule has 6 nitrogen and oxygen atoms in total. The average Bonchev–Trinajstić information content (AvgIpc) is 3.37. The van der Waals surface area contributed by atoms with Crippen LogP contribution in [0.5, 0.6) is 0 Å². The Bertz CT molecular complexity index is 1220. The zero-order valence-corrected chi connectivity index (χ0v) is 16.9. The molecule has 0 radical (unpaired) electrons. The van der Waals surface area contributed by atoms with E-state index >= 15 is 0 Å². The third-order valence-corrected chi connectivity index (χ3v) is 6.64. The second kappa shape index (κ2) is 8.09. The van der Waals surface area contributed by atoms with Gasteiger partial charge in [-0.25, -0.2) is 0 Å². The van der Waals surface area contributed by atoms with E-state index < -0.39 is 0 Å². The molecule has 8 heteroatoms. The van der Waals surface area contributed by atoms with Crippen LogP contribution in [0.1, 0.15) is 35.8 Å². The summed E-state index contributed by atoms with van der Waals surface area (Å²) < 4.78 is 4.85. The summed E-state index contributed by atoms with van der Waals surface area (Å²) in [7, 11) is 0. The molecule has 0 spiro atoms. The van der Waals surface area contributed by atoms with E-state index in [0.717, 1.165) is 42.9 Å². The van der Waals surface area contributed by atoms with Crippen molar-refractivity contribution in [1.82, 2.24) is 19.3 Å². The number of allylic oxidation sites excluding steroid dienone is 1. The molecule has 1 aliphatic rings. The van der Waals surface area contributed by atoms with Crippen molar-refractivity contribution in [2.45, 2.75) is 38.8 Å². The Balaban J connectivity index is 1.99. The zero-order valence-electron chi connectivity index (χ0n) is 15.3. The largest absolute Gasteiger partial charge is 0.310 e. The lowest BCUT2D eigenvalue weighted by Crippen LogP contribution is -2.32. The molecule has 0 unspecified atom stereocenters. The first-order chi connectivity index (χ1) is 13.7. The molecule has 28 heavy (non-hydrogen) atoms. The Labute approximate surface area is 170 Å². The first kappa shape index (κ1) is 18.6. The lowest BCUT2D eigenvalue weighted by molar-refractivity contribution is 0.626. The molecule has 142 valence electrons. The van der Waals surface area contributed by atoms with Gasteiger partial charge in [0.25, 0.3) is 5.56 Å². The Morgan fingerprint density at radius 1 is 1.36 bits per heavy atom. The van der Waals surface area contributed by atoms with Gasteiger partial charge in [-0.3, -0.25) is 9.36 Å². The van der Waals surface area contributed by atoms with Crippen molar-refractivity contribution in [1.29, 1.82) is 5.26 Å². The number of fused-ring (bicyclic) bond motifs is 1. The Morgan fingerprint density at radius 3 is 3.00 bits per heavy atom. The highest BCUT2D eigenvalue weighted by molar-refractivity contribution is 7.11. The second-order valence-corrected chi connectivity index (χ2v) is 8.53. The van der Waals surface area contributed by atoms with Gasteiger partial charge in [-0.1, -0.05) is 18.6 Å². The summed E-state index contributed by atoms with van der Waals surface area (Å²) >= 11 is 2.90. The van der Waals surface area contributed by atoms with Crippen LogP contribution in [0, 0.1) is 11.3 Å². The van der Waals surface area contributed by atoms with Gasteiger partial charge in [-0.15, -0.1) is 39.4 Å². The summed E-state index contributed by atoms with van der Waals surface area (Å²) in [5.74, 6) is 1.47. The fourth-order valence-corrected chi connectivity index (χ4v) is 5.20. The van der Waals surface area contributed by atoms with Gasteiger partial charge in [0.15, 0.2) is 5.82 Å². The number of aromatic nitrogens is 4. The molecular weight excluding hydrogens is 390 g/mol. The van der Waals surface area contributed by atoms with Crippen LogP contribution in [0.2, 0.25) is 0 Å². The number of thiazole rings is 1. The van der Waals surface area contributed by atoms with Gasteiger partial charge < -0.3 is 4.57 Å². The lowest BCUT2D eigenvalue weighted by Gasteiger charge is -2.06. The van der Waals surface area contributed by atoms with E-state index in [0.29, 0.717) is 27.1 Å². The SMILES string of the molecule is C=CCn1c(=O)/c(=C\c2cccs2)s/c1=C(\C#N)c1nnc2n1CCCCC2. The molecular formula is C20H19N5OS2. The molecule has 3 aromatic heterocycles. The summed E-state index contributed by atoms with van der Waals surface area (Å²) in [5.41, 5.74) is 0.284. The third-order valence-electron chi connectivity index (χ3n) is 4.69. The number of rotatable bonds is 4. The minimum absolute atomic E-state index is 0.114. The maximum Gasteiger partial charge on any atom is 0.269 e. The Kier molecular flexibility index (Phi) is 5.37. The van der Waals surface area contributed by atoms with Crippen LogP contribution < -0.4 is 14.8 Å². The number of nitrogens with zero attached hydrogens (tertiary/aromatic N) is 5. The first-order valence-corrected chi connectivity index (χ1v) is 10.8. The van der Waals surface area contributed by atoms with E-state index in [9.17, 15) is 10.1 Å². The number of nitriles is 1. The molecule has 4 heterocycles. The average molecular weight is 410 g/mol. The predicted octanol–water partition coefficient (Wildman–Crippen LogP) is 2.03. The fraction of sp³-hybridized carbons (Fsp3) is 0.300. The van der Waals surface area contributed by atoms with E-state index in [1.54, 1.807) is 22.0 Å². The standard InChI is InChI=1S/C20H19N5OS2/c1-2-9-25-19(26)16(12-14-7-6-11-27-14)28-20(25)15(13-21)18-23-22-17-8-4-3-5-10-24(17)18/h2,6-7,11-12H,1,3-5,8-10H2/b16-12+,20-15+. The van der Waals surface area contributed by atoms with Gasteiger partial charge in [-0.05, 0) is 30.4 Å². The van der Waals surface area contributed by atoms with Crippen molar-refractivity contribution in [2.24, 2.45) is 0 Å². The topological polar surface area (TPSA) is 76.5 Å². The summed E-state index contributed by atoms with van der Waals surface area (Å²) in [6.07, 6.45) is 7.68. The molecule has 0 aromatic carbocycles. The molecule has 0 atom stereocenters. The third kappa shape index (κ3) is 3.39. The predicted molar refractivity (Wildman–Crippen MR) is 112 cm³/mol. The van der Waals surface area contributed by atoms with Crippen molar-refractivity contribution in [2.75, 3.05) is 0 Å². The van der Waals surface area contributed by atoms with Crippen molar-refractivity contribution in [3.05, 3.63) is 66.2 Å². The van der Waals surface area contributed by atoms with Gasteiger partial charge in [-0.2, -0.15) is 5.26 Å². The molecule has 3 aromatic rings. The van der Waals surface area contributed by atoms with Gasteiger partial charge >= 0.3 is 0 Å². The molecule has 0 saturated carbocycles. The van der Waals surface area contributed by atoms with E-state index in [4.69, 9.17) is 0 Å². The molecule has 0 aliphatic carbocycles. The molecule has 0 amide bonds. The molecule has 0 saturated heterocycles. The maximum absolute atomic E-state index is 13.0. The lowest BCUT2D eigenvalue weighted by atomic mass is 10.2. The summed E-state index contributed by atoms with van der Waals surface area (Å²) in [4.78, 5) is 14.0. The number of thiophene rings is 1.